The van der Waals surface area contributed by atoms with Crippen molar-refractivity contribution in [2.75, 3.05) is 0 Å². The van der Waals surface area contributed by atoms with Gasteiger partial charge in [0.2, 0.25) is 0 Å². The average Bonchev–Trinajstić information content (AvgIpc) is 1.59. The molecule has 0 radical (unpaired) electrons. The molecule has 0 unspecified atom stereocenters. The van der Waals surface area contributed by atoms with Crippen molar-refractivity contribution in [1.29, 1.82) is 0 Å². The van der Waals surface area contributed by atoms with Gasteiger partial charge >= 0.3 is 29.2 Å². The van der Waals surface area contributed by atoms with Crippen LogP contribution in [-0.2, 0) is 0 Å². The predicted octanol–water partition coefficient (Wildman–Crippen LogP) is -0.824. The van der Waals surface area contributed by atoms with Crippen LogP contribution in [0.3, 0.4) is 0 Å². The zero-order chi connectivity index (χ0) is 6.62. The largest absolute Gasteiger partial charge is 2.00 e. The third kappa shape index (κ3) is 16.0. The van der Waals surface area contributed by atoms with Crippen molar-refractivity contribution in [3.05, 3.63) is 6.92 Å². The Bertz CT molecular complexity index is 64.4. The molecule has 0 nitrogen and oxygen atoms in total. The standard InChI is InChI=1S/C5H8F3.BrH.Mg/c1-2-3-4-5(6,7)8;;/h1-4H2;1H;/q-1;;+2/p-1. The molecule has 0 aliphatic rings. The first-order valence-electron chi connectivity index (χ1n) is 2.42. The first kappa shape index (κ1) is 17.2. The second-order valence-corrected chi connectivity index (χ2v) is 1.57. The summed E-state index contributed by atoms with van der Waals surface area (Å²) in [6, 6.07) is 0. The van der Waals surface area contributed by atoms with Crippen molar-refractivity contribution >= 4 is 23.1 Å². The van der Waals surface area contributed by atoms with E-state index in [1.165, 1.54) is 0 Å². The van der Waals surface area contributed by atoms with E-state index in [1.807, 2.05) is 0 Å². The molecular weight excluding hydrogens is 221 g/mol. The Morgan fingerprint density at radius 1 is 1.20 bits per heavy atom. The van der Waals surface area contributed by atoms with Crippen molar-refractivity contribution in [3.63, 3.8) is 0 Å². The summed E-state index contributed by atoms with van der Waals surface area (Å²) in [5.74, 6) is 0. The van der Waals surface area contributed by atoms with Gasteiger partial charge < -0.3 is 23.9 Å². The summed E-state index contributed by atoms with van der Waals surface area (Å²) in [5.41, 5.74) is 0. The van der Waals surface area contributed by atoms with Crippen LogP contribution in [-0.4, -0.2) is 29.2 Å². The van der Waals surface area contributed by atoms with Gasteiger partial charge in [-0.2, -0.15) is 19.6 Å². The number of unbranched alkanes of at least 4 members (excludes halogenated alkanes) is 1. The molecule has 0 aromatic carbocycles. The molecule has 0 heterocycles. The van der Waals surface area contributed by atoms with E-state index >= 15 is 0 Å². The van der Waals surface area contributed by atoms with E-state index in [0.29, 0.717) is 6.42 Å². The average molecular weight is 229 g/mol. The number of alkyl halides is 3. The molecule has 0 atom stereocenters. The van der Waals surface area contributed by atoms with E-state index in [-0.39, 0.29) is 46.5 Å². The molecule has 58 valence electrons. The van der Waals surface area contributed by atoms with Crippen molar-refractivity contribution in [1.82, 2.24) is 0 Å². The maximum absolute atomic E-state index is 11.2. The second-order valence-electron chi connectivity index (χ2n) is 1.57. The Morgan fingerprint density at radius 2 is 1.60 bits per heavy atom. The van der Waals surface area contributed by atoms with Crippen molar-refractivity contribution in [3.8, 4) is 0 Å². The minimum Gasteiger partial charge on any atom is -1.00 e. The third-order valence-corrected chi connectivity index (χ3v) is 0.710. The van der Waals surface area contributed by atoms with E-state index < -0.39 is 12.6 Å². The van der Waals surface area contributed by atoms with Gasteiger partial charge in [0.25, 0.3) is 0 Å². The third-order valence-electron chi connectivity index (χ3n) is 0.710. The summed E-state index contributed by atoms with van der Waals surface area (Å²) in [5, 5.41) is 0. The normalized spacial score (nSPS) is 9.60. The van der Waals surface area contributed by atoms with Gasteiger partial charge in [-0.05, 0) is 0 Å². The van der Waals surface area contributed by atoms with Crippen LogP contribution in [0.15, 0.2) is 0 Å². The van der Waals surface area contributed by atoms with E-state index in [0.717, 1.165) is 0 Å². The Labute approximate surface area is 85.5 Å². The predicted molar refractivity (Wildman–Crippen MR) is 31.0 cm³/mol. The van der Waals surface area contributed by atoms with Crippen LogP contribution in [0.25, 0.3) is 0 Å². The Kier molecular flexibility index (Phi) is 14.0. The van der Waals surface area contributed by atoms with Crippen molar-refractivity contribution < 1.29 is 30.2 Å². The molecule has 10 heavy (non-hydrogen) atoms. The molecule has 0 fully saturated rings. The smallest absolute Gasteiger partial charge is 1.00 e. The zero-order valence-electron chi connectivity index (χ0n) is 5.55. The van der Waals surface area contributed by atoms with Gasteiger partial charge in [0.15, 0.2) is 0 Å². The molecule has 0 N–H and O–H groups in total. The minimum absolute atomic E-state index is 0. The Balaban J connectivity index is -0.000000245. The van der Waals surface area contributed by atoms with Gasteiger partial charge in [0, 0.05) is 6.42 Å². The molecule has 0 aromatic heterocycles. The maximum atomic E-state index is 11.2. The molecule has 0 aliphatic heterocycles. The van der Waals surface area contributed by atoms with Gasteiger partial charge in [-0.3, -0.25) is 0 Å². The second kappa shape index (κ2) is 8.14. The van der Waals surface area contributed by atoms with Gasteiger partial charge in [0.05, 0.1) is 0 Å². The summed E-state index contributed by atoms with van der Waals surface area (Å²) in [6.07, 6.45) is -4.18. The number of hydrogen-bond donors (Lipinski definition) is 0. The van der Waals surface area contributed by atoms with Gasteiger partial charge in [0.1, 0.15) is 0 Å². The molecule has 0 aromatic rings. The summed E-state index contributed by atoms with van der Waals surface area (Å²) in [4.78, 5) is 0. The molecule has 0 bridgehead atoms. The summed E-state index contributed by atoms with van der Waals surface area (Å²) in [7, 11) is 0. The molecular formula is C5H8BrF3Mg. The van der Waals surface area contributed by atoms with Crippen molar-refractivity contribution in [2.45, 2.75) is 25.4 Å². The summed E-state index contributed by atoms with van der Waals surface area (Å²) < 4.78 is 33.6. The quantitative estimate of drug-likeness (QED) is 0.428. The van der Waals surface area contributed by atoms with Crippen LogP contribution in [0.5, 0.6) is 0 Å². The van der Waals surface area contributed by atoms with Gasteiger partial charge in [-0.25, -0.2) is 0 Å². The van der Waals surface area contributed by atoms with E-state index in [4.69, 9.17) is 0 Å². The molecule has 0 amide bonds. The van der Waals surface area contributed by atoms with Crippen LogP contribution in [0.2, 0.25) is 0 Å². The van der Waals surface area contributed by atoms with E-state index in [2.05, 4.69) is 6.92 Å². The summed E-state index contributed by atoms with van der Waals surface area (Å²) >= 11 is 0. The van der Waals surface area contributed by atoms with Crippen molar-refractivity contribution in [2.24, 2.45) is 0 Å². The fourth-order valence-electron chi connectivity index (χ4n) is 0.325. The number of hydrogen-bond acceptors (Lipinski definition) is 0. The number of rotatable bonds is 2. The van der Waals surface area contributed by atoms with Crippen LogP contribution in [0.1, 0.15) is 19.3 Å². The minimum atomic E-state index is -3.99. The SMILES string of the molecule is [Br-].[CH2-]CCCC(F)(F)F.[Mg+2]. The molecule has 0 spiro atoms. The first-order chi connectivity index (χ1) is 3.56. The Morgan fingerprint density at radius 3 is 1.70 bits per heavy atom. The van der Waals surface area contributed by atoms with Gasteiger partial charge in [-0.1, -0.05) is 6.42 Å². The Hall–Kier alpha value is 1.04. The first-order valence-corrected chi connectivity index (χ1v) is 2.42. The van der Waals surface area contributed by atoms with Crippen LogP contribution in [0.4, 0.5) is 13.2 Å². The van der Waals surface area contributed by atoms with Crippen LogP contribution in [0, 0.1) is 6.92 Å². The molecule has 5 heteroatoms. The zero-order valence-corrected chi connectivity index (χ0v) is 8.55. The fraction of sp³-hybridized carbons (Fsp3) is 0.800. The fourth-order valence-corrected chi connectivity index (χ4v) is 0.325. The van der Waals surface area contributed by atoms with Crippen LogP contribution < -0.4 is 17.0 Å². The van der Waals surface area contributed by atoms with E-state index in [9.17, 15) is 13.2 Å². The van der Waals surface area contributed by atoms with Crippen LogP contribution >= 0.6 is 0 Å². The topological polar surface area (TPSA) is 0 Å². The van der Waals surface area contributed by atoms with E-state index in [1.54, 1.807) is 0 Å². The number of halogens is 4. The summed E-state index contributed by atoms with van der Waals surface area (Å²) in [6.45, 7) is 3.29. The van der Waals surface area contributed by atoms with Gasteiger partial charge in [-0.15, -0.1) is 0 Å². The molecule has 0 saturated carbocycles. The monoisotopic (exact) mass is 228 g/mol. The molecule has 0 saturated heterocycles. The maximum Gasteiger partial charge on any atom is 2.00 e. The molecule has 0 rings (SSSR count). The molecule has 0 aliphatic carbocycles.